The molecule has 0 radical (unpaired) electrons. The number of pyridine rings is 1. The van der Waals surface area contributed by atoms with Gasteiger partial charge in [0.2, 0.25) is 0 Å². The number of carbonyl (C=O) groups is 1. The van der Waals surface area contributed by atoms with E-state index in [9.17, 15) is 17.6 Å². The second kappa shape index (κ2) is 7.95. The molecule has 3 N–H and O–H groups in total. The lowest BCUT2D eigenvalue weighted by Crippen LogP contribution is -2.63. The number of anilines is 1. The highest BCUT2D eigenvalue weighted by Gasteiger charge is 2.45. The molecular weight excluding hydrogens is 431 g/mol. The highest BCUT2D eigenvalue weighted by molar-refractivity contribution is 7.93. The zero-order valence-electron chi connectivity index (χ0n) is 18.3. The molecule has 4 rings (SSSR count). The second-order valence-corrected chi connectivity index (χ2v) is 11.4. The molecular formula is C23H27FN4O3S. The lowest BCUT2D eigenvalue weighted by atomic mass is 9.99. The fourth-order valence-electron chi connectivity index (χ4n) is 4.09. The van der Waals surface area contributed by atoms with Crippen LogP contribution < -0.4 is 10.6 Å². The minimum absolute atomic E-state index is 0.0152. The molecule has 7 nitrogen and oxygen atoms in total. The molecule has 0 atom stereocenters. The van der Waals surface area contributed by atoms with Crippen molar-refractivity contribution < 1.29 is 17.6 Å². The van der Waals surface area contributed by atoms with Gasteiger partial charge in [0, 0.05) is 17.8 Å². The van der Waals surface area contributed by atoms with E-state index in [4.69, 9.17) is 5.41 Å². The molecule has 2 aromatic rings. The van der Waals surface area contributed by atoms with Crippen molar-refractivity contribution >= 4 is 27.1 Å². The molecule has 32 heavy (non-hydrogen) atoms. The van der Waals surface area contributed by atoms with E-state index in [1.54, 1.807) is 25.1 Å². The van der Waals surface area contributed by atoms with Gasteiger partial charge in [0.1, 0.15) is 11.5 Å². The van der Waals surface area contributed by atoms with E-state index in [0.717, 1.165) is 18.4 Å². The first-order valence-electron chi connectivity index (χ1n) is 10.6. The summed E-state index contributed by atoms with van der Waals surface area (Å²) < 4.78 is 37.6. The Bertz CT molecular complexity index is 1190. The number of rotatable bonds is 7. The van der Waals surface area contributed by atoms with Crippen LogP contribution in [-0.4, -0.2) is 48.1 Å². The van der Waals surface area contributed by atoms with Crippen LogP contribution in [0.2, 0.25) is 0 Å². The molecule has 1 saturated heterocycles. The number of benzene rings is 1. The van der Waals surface area contributed by atoms with Crippen LogP contribution in [0.1, 0.15) is 66.7 Å². The molecule has 2 aliphatic rings. The third kappa shape index (κ3) is 4.67. The number of halogens is 1. The van der Waals surface area contributed by atoms with Crippen molar-refractivity contribution in [3.8, 4) is 0 Å². The van der Waals surface area contributed by atoms with Crippen molar-refractivity contribution in [2.75, 3.05) is 16.8 Å². The monoisotopic (exact) mass is 458 g/mol. The lowest BCUT2D eigenvalue weighted by molar-refractivity contribution is 0.0916. The molecule has 9 heteroatoms. The summed E-state index contributed by atoms with van der Waals surface area (Å²) in [6.07, 6.45) is 3.48. The van der Waals surface area contributed by atoms with Crippen LogP contribution in [0.25, 0.3) is 0 Å². The maximum Gasteiger partial charge on any atom is 0.253 e. The van der Waals surface area contributed by atoms with Crippen molar-refractivity contribution in [3.63, 3.8) is 0 Å². The number of aromatic nitrogens is 1. The van der Waals surface area contributed by atoms with Crippen LogP contribution in [-0.2, 0) is 9.84 Å². The molecule has 2 heterocycles. The Kier molecular flexibility index (Phi) is 5.56. The topological polar surface area (TPSA) is 112 Å². The molecule has 1 saturated carbocycles. The van der Waals surface area contributed by atoms with E-state index >= 15 is 0 Å². The van der Waals surface area contributed by atoms with Gasteiger partial charge in [-0.15, -0.1) is 0 Å². The number of hydrogen-bond acceptors (Lipinski definition) is 6. The third-order valence-corrected chi connectivity index (χ3v) is 7.79. The van der Waals surface area contributed by atoms with Crippen molar-refractivity contribution in [1.82, 2.24) is 10.3 Å². The molecule has 0 bridgehead atoms. The number of sulfone groups is 1. The van der Waals surface area contributed by atoms with Gasteiger partial charge in [0.05, 0.1) is 34.0 Å². The quantitative estimate of drug-likeness (QED) is 0.552. The normalized spacial score (nSPS) is 18.7. The van der Waals surface area contributed by atoms with Crippen molar-refractivity contribution in [2.45, 2.75) is 51.1 Å². The molecule has 2 fully saturated rings. The zero-order valence-corrected chi connectivity index (χ0v) is 19.1. The highest BCUT2D eigenvalue weighted by Crippen LogP contribution is 2.40. The number of amides is 1. The van der Waals surface area contributed by atoms with Gasteiger partial charge in [-0.1, -0.05) is 6.07 Å². The van der Waals surface area contributed by atoms with E-state index in [2.05, 4.69) is 15.6 Å². The zero-order chi connectivity index (χ0) is 23.3. The SMILES string of the molecule is CC(C)Nc1cc(C(=O)NC2(C)CS(=O)(=O)C2)cnc1C(=N)c1cc(C2CC2)ccc1F. The van der Waals surface area contributed by atoms with Gasteiger partial charge < -0.3 is 10.6 Å². The number of nitrogens with one attached hydrogen (secondary N) is 3. The molecule has 0 unspecified atom stereocenters. The van der Waals surface area contributed by atoms with E-state index in [1.807, 2.05) is 13.8 Å². The van der Waals surface area contributed by atoms with Crippen LogP contribution in [0.15, 0.2) is 30.5 Å². The van der Waals surface area contributed by atoms with Crippen LogP contribution in [0.5, 0.6) is 0 Å². The Hall–Kier alpha value is -2.81. The Morgan fingerprint density at radius 2 is 1.94 bits per heavy atom. The van der Waals surface area contributed by atoms with Gasteiger partial charge in [-0.2, -0.15) is 0 Å². The van der Waals surface area contributed by atoms with Crippen molar-refractivity contribution in [1.29, 1.82) is 5.41 Å². The summed E-state index contributed by atoms with van der Waals surface area (Å²) in [4.78, 5) is 17.1. The number of carbonyl (C=O) groups excluding carboxylic acids is 1. The first-order chi connectivity index (χ1) is 15.0. The predicted molar refractivity (Wildman–Crippen MR) is 122 cm³/mol. The standard InChI is InChI=1S/C23H27FN4O3S/c1-13(2)27-19-9-16(22(29)28-23(3)11-32(30,31)12-23)10-26-21(19)20(25)17-8-15(14-4-5-14)6-7-18(17)24/h6-10,13-14,25,27H,4-5,11-12H2,1-3H3,(H,28,29). The highest BCUT2D eigenvalue weighted by atomic mass is 32.2. The Morgan fingerprint density at radius 3 is 2.53 bits per heavy atom. The lowest BCUT2D eigenvalue weighted by Gasteiger charge is -2.38. The average molecular weight is 459 g/mol. The summed E-state index contributed by atoms with van der Waals surface area (Å²) in [5, 5.41) is 14.6. The van der Waals surface area contributed by atoms with E-state index in [0.29, 0.717) is 11.6 Å². The maximum atomic E-state index is 14.6. The van der Waals surface area contributed by atoms with Crippen LogP contribution in [0.4, 0.5) is 10.1 Å². The van der Waals surface area contributed by atoms with E-state index in [1.165, 1.54) is 12.3 Å². The molecule has 170 valence electrons. The summed E-state index contributed by atoms with van der Waals surface area (Å²) in [6, 6.07) is 6.43. The van der Waals surface area contributed by atoms with E-state index in [-0.39, 0.29) is 40.1 Å². The summed E-state index contributed by atoms with van der Waals surface area (Å²) in [5.74, 6) is -0.712. The Balaban J connectivity index is 1.63. The van der Waals surface area contributed by atoms with Gasteiger partial charge in [-0.3, -0.25) is 15.2 Å². The molecule has 1 aromatic heterocycles. The minimum atomic E-state index is -3.11. The Morgan fingerprint density at radius 1 is 1.25 bits per heavy atom. The molecule has 0 spiro atoms. The summed E-state index contributed by atoms with van der Waals surface area (Å²) in [7, 11) is -3.11. The Labute approximate surface area is 187 Å². The van der Waals surface area contributed by atoms with Gasteiger partial charge in [0.25, 0.3) is 5.91 Å². The largest absolute Gasteiger partial charge is 0.381 e. The maximum absolute atomic E-state index is 14.6. The van der Waals surface area contributed by atoms with Gasteiger partial charge in [-0.25, -0.2) is 12.8 Å². The van der Waals surface area contributed by atoms with Gasteiger partial charge in [0.15, 0.2) is 9.84 Å². The fourth-order valence-corrected chi connectivity index (χ4v) is 6.09. The van der Waals surface area contributed by atoms with Crippen LogP contribution in [0, 0.1) is 11.2 Å². The van der Waals surface area contributed by atoms with E-state index < -0.39 is 27.1 Å². The first kappa shape index (κ1) is 22.4. The minimum Gasteiger partial charge on any atom is -0.381 e. The summed E-state index contributed by atoms with van der Waals surface area (Å²) in [6.45, 7) is 5.51. The van der Waals surface area contributed by atoms with Gasteiger partial charge >= 0.3 is 0 Å². The summed E-state index contributed by atoms with van der Waals surface area (Å²) in [5.41, 5.74) is 1.26. The predicted octanol–water partition coefficient (Wildman–Crippen LogP) is 3.25. The first-order valence-corrected chi connectivity index (χ1v) is 12.5. The molecule has 1 amide bonds. The van der Waals surface area contributed by atoms with Crippen LogP contribution >= 0.6 is 0 Å². The number of hydrogen-bond donors (Lipinski definition) is 3. The average Bonchev–Trinajstić information content (AvgIpc) is 3.50. The molecule has 1 aliphatic carbocycles. The van der Waals surface area contributed by atoms with Gasteiger partial charge in [-0.05, 0) is 63.3 Å². The smallest absolute Gasteiger partial charge is 0.253 e. The van der Waals surface area contributed by atoms with Crippen LogP contribution in [0.3, 0.4) is 0 Å². The molecule has 1 aromatic carbocycles. The number of nitrogens with zero attached hydrogens (tertiary/aromatic N) is 1. The van der Waals surface area contributed by atoms with Crippen molar-refractivity contribution in [2.24, 2.45) is 0 Å². The molecule has 1 aliphatic heterocycles. The van der Waals surface area contributed by atoms with Crippen molar-refractivity contribution in [3.05, 3.63) is 58.7 Å². The third-order valence-electron chi connectivity index (χ3n) is 5.63. The summed E-state index contributed by atoms with van der Waals surface area (Å²) >= 11 is 0. The second-order valence-electron chi connectivity index (χ2n) is 9.35. The fraction of sp³-hybridized carbons (Fsp3) is 0.435.